The van der Waals surface area contributed by atoms with Crippen LogP contribution in [0.4, 0.5) is 5.69 Å². The molecule has 0 saturated carbocycles. The number of carbonyl (C=O) groups is 1. The van der Waals surface area contributed by atoms with Crippen LogP contribution in [0.15, 0.2) is 18.2 Å². The summed E-state index contributed by atoms with van der Waals surface area (Å²) in [7, 11) is 1.53. The Morgan fingerprint density at radius 3 is 3.11 bits per heavy atom. The van der Waals surface area contributed by atoms with Gasteiger partial charge in [-0.2, -0.15) is 0 Å². The number of hydrogen-bond donors (Lipinski definition) is 2. The van der Waals surface area contributed by atoms with Crippen molar-refractivity contribution in [3.63, 3.8) is 0 Å². The summed E-state index contributed by atoms with van der Waals surface area (Å²) >= 11 is 0. The highest BCUT2D eigenvalue weighted by atomic mass is 16.5. The Morgan fingerprint density at radius 2 is 2.44 bits per heavy atom. The molecule has 0 aliphatic carbocycles. The van der Waals surface area contributed by atoms with Gasteiger partial charge in [0.25, 0.3) is 5.91 Å². The molecule has 5 nitrogen and oxygen atoms in total. The van der Waals surface area contributed by atoms with Crippen molar-refractivity contribution >= 4 is 11.6 Å². The van der Waals surface area contributed by atoms with Crippen LogP contribution >= 0.6 is 0 Å². The third-order valence-corrected chi connectivity index (χ3v) is 2.82. The number of ether oxygens (including phenoxy) is 1. The number of nitrogens with zero attached hydrogens (tertiary/aromatic N) is 1. The third kappa shape index (κ3) is 2.11. The number of methoxy groups -OCH3 is 1. The largest absolute Gasteiger partial charge is 0.506 e. The maximum atomic E-state index is 12.3. The van der Waals surface area contributed by atoms with Crippen molar-refractivity contribution in [2.75, 3.05) is 25.5 Å². The number of phenolic OH excluding ortho intramolecular Hbond substituents is 1. The Bertz CT molecular complexity index is 507. The summed E-state index contributed by atoms with van der Waals surface area (Å²) in [5.74, 6) is 2.25. The molecule has 1 aliphatic rings. The van der Waals surface area contributed by atoms with Gasteiger partial charge in [-0.05, 0) is 12.1 Å². The van der Waals surface area contributed by atoms with Crippen LogP contribution in [0, 0.1) is 12.3 Å². The van der Waals surface area contributed by atoms with E-state index in [4.69, 9.17) is 11.2 Å². The molecule has 1 unspecified atom stereocenters. The van der Waals surface area contributed by atoms with Gasteiger partial charge in [0.2, 0.25) is 0 Å². The van der Waals surface area contributed by atoms with Gasteiger partial charge in [-0.3, -0.25) is 4.79 Å². The van der Waals surface area contributed by atoms with E-state index >= 15 is 0 Å². The highest BCUT2D eigenvalue weighted by molar-refractivity contribution is 6.01. The van der Waals surface area contributed by atoms with Gasteiger partial charge in [0.05, 0.1) is 24.3 Å². The van der Waals surface area contributed by atoms with Crippen LogP contribution in [0.25, 0.3) is 0 Å². The molecule has 2 N–H and O–H groups in total. The molecule has 0 fully saturated rings. The first kappa shape index (κ1) is 12.3. The Labute approximate surface area is 105 Å². The second-order valence-electron chi connectivity index (χ2n) is 3.96. The van der Waals surface area contributed by atoms with Gasteiger partial charge in [0.1, 0.15) is 12.0 Å². The molecule has 5 heteroatoms. The zero-order valence-corrected chi connectivity index (χ0v) is 10.0. The molecule has 0 radical (unpaired) electrons. The van der Waals surface area contributed by atoms with Gasteiger partial charge in [0, 0.05) is 7.11 Å². The third-order valence-electron chi connectivity index (χ3n) is 2.82. The Morgan fingerprint density at radius 1 is 1.67 bits per heavy atom. The number of para-hydroxylation sites is 1. The quantitative estimate of drug-likeness (QED) is 0.600. The number of hydrogen-bond acceptors (Lipinski definition) is 4. The second kappa shape index (κ2) is 4.98. The van der Waals surface area contributed by atoms with E-state index in [1.165, 1.54) is 18.1 Å². The fourth-order valence-electron chi connectivity index (χ4n) is 1.91. The van der Waals surface area contributed by atoms with Crippen LogP contribution in [0.3, 0.4) is 0 Å². The summed E-state index contributed by atoms with van der Waals surface area (Å²) in [6.07, 6.45) is 4.85. The van der Waals surface area contributed by atoms with Gasteiger partial charge < -0.3 is 20.1 Å². The van der Waals surface area contributed by atoms with Crippen molar-refractivity contribution in [2.24, 2.45) is 0 Å². The fourth-order valence-corrected chi connectivity index (χ4v) is 1.91. The molecular formula is C13H14N2O3. The topological polar surface area (TPSA) is 61.8 Å². The molecule has 1 aromatic carbocycles. The summed E-state index contributed by atoms with van der Waals surface area (Å²) in [5, 5.41) is 12.8. The van der Waals surface area contributed by atoms with E-state index < -0.39 is 6.23 Å². The normalized spacial score (nSPS) is 18.6. The van der Waals surface area contributed by atoms with Crippen LogP contribution in [0.5, 0.6) is 5.75 Å². The number of fused-ring (bicyclic) bond motifs is 1. The van der Waals surface area contributed by atoms with E-state index in [-0.39, 0.29) is 18.2 Å². The van der Waals surface area contributed by atoms with E-state index in [9.17, 15) is 9.90 Å². The lowest BCUT2D eigenvalue weighted by molar-refractivity contribution is 0.0618. The summed E-state index contributed by atoms with van der Waals surface area (Å²) in [4.78, 5) is 13.8. The van der Waals surface area contributed by atoms with Gasteiger partial charge >= 0.3 is 0 Å². The highest BCUT2D eigenvalue weighted by Gasteiger charge is 2.28. The first-order chi connectivity index (χ1) is 8.67. The predicted octanol–water partition coefficient (Wildman–Crippen LogP) is 0.866. The van der Waals surface area contributed by atoms with E-state index in [1.54, 1.807) is 12.1 Å². The van der Waals surface area contributed by atoms with Crippen LogP contribution in [-0.4, -0.2) is 42.3 Å². The van der Waals surface area contributed by atoms with Gasteiger partial charge in [-0.15, -0.1) is 6.42 Å². The van der Waals surface area contributed by atoms with Crippen molar-refractivity contribution in [3.05, 3.63) is 23.8 Å². The molecule has 1 aromatic rings. The van der Waals surface area contributed by atoms with Gasteiger partial charge in [-0.1, -0.05) is 12.0 Å². The number of rotatable bonds is 2. The smallest absolute Gasteiger partial charge is 0.257 e. The zero-order chi connectivity index (χ0) is 13.1. The molecule has 2 rings (SSSR count). The van der Waals surface area contributed by atoms with Gasteiger partial charge in [0.15, 0.2) is 0 Å². The molecule has 0 saturated heterocycles. The summed E-state index contributed by atoms with van der Waals surface area (Å²) in [6.45, 7) is 0.531. The standard InChI is InChI=1S/C13H14N2O3/c1-3-7-15-8-11(18-2)14-12-9(13(15)17)5-4-6-10(12)16/h1,4-6,11,14,16H,7-8H2,2H3. The monoisotopic (exact) mass is 246 g/mol. The lowest BCUT2D eigenvalue weighted by Crippen LogP contribution is -2.38. The minimum Gasteiger partial charge on any atom is -0.506 e. The van der Waals surface area contributed by atoms with Crippen molar-refractivity contribution in [1.82, 2.24) is 4.90 Å². The molecule has 1 atom stereocenters. The average molecular weight is 246 g/mol. The molecule has 94 valence electrons. The molecule has 0 spiro atoms. The Kier molecular flexibility index (Phi) is 3.40. The number of amides is 1. The first-order valence-electron chi connectivity index (χ1n) is 5.51. The van der Waals surface area contributed by atoms with Crippen molar-refractivity contribution in [2.45, 2.75) is 6.23 Å². The van der Waals surface area contributed by atoms with E-state index in [1.807, 2.05) is 0 Å². The summed E-state index contributed by atoms with van der Waals surface area (Å²) in [5.41, 5.74) is 0.777. The second-order valence-corrected chi connectivity index (χ2v) is 3.96. The number of terminal acetylenes is 1. The average Bonchev–Trinajstić information content (AvgIpc) is 2.50. The van der Waals surface area contributed by atoms with E-state index in [0.29, 0.717) is 17.8 Å². The molecule has 0 bridgehead atoms. The summed E-state index contributed by atoms with van der Waals surface area (Å²) < 4.78 is 5.22. The molecule has 1 aliphatic heterocycles. The lowest BCUT2D eigenvalue weighted by atomic mass is 10.1. The Hall–Kier alpha value is -2.19. The van der Waals surface area contributed by atoms with Gasteiger partial charge in [-0.25, -0.2) is 0 Å². The molecule has 1 heterocycles. The molecule has 18 heavy (non-hydrogen) atoms. The maximum Gasteiger partial charge on any atom is 0.257 e. The molecular weight excluding hydrogens is 232 g/mol. The Balaban J connectivity index is 2.46. The summed E-state index contributed by atoms with van der Waals surface area (Å²) in [6, 6.07) is 4.78. The maximum absolute atomic E-state index is 12.3. The number of nitrogens with one attached hydrogen (secondary N) is 1. The highest BCUT2D eigenvalue weighted by Crippen LogP contribution is 2.31. The SMILES string of the molecule is C#CCN1CC(OC)Nc2c(O)cccc2C1=O. The predicted molar refractivity (Wildman–Crippen MR) is 67.3 cm³/mol. The number of anilines is 1. The fraction of sp³-hybridized carbons (Fsp3) is 0.308. The van der Waals surface area contributed by atoms with Crippen LogP contribution in [0.2, 0.25) is 0 Å². The minimum absolute atomic E-state index is 0.0189. The molecule has 0 aromatic heterocycles. The number of benzene rings is 1. The number of phenols is 1. The number of aromatic hydroxyl groups is 1. The van der Waals surface area contributed by atoms with Crippen molar-refractivity contribution < 1.29 is 14.6 Å². The minimum atomic E-state index is -0.406. The first-order valence-corrected chi connectivity index (χ1v) is 5.51. The van der Waals surface area contributed by atoms with Crippen molar-refractivity contribution in [1.29, 1.82) is 0 Å². The lowest BCUT2D eigenvalue weighted by Gasteiger charge is -2.21. The molecule has 1 amide bonds. The van der Waals surface area contributed by atoms with Crippen LogP contribution < -0.4 is 5.32 Å². The zero-order valence-electron chi connectivity index (χ0n) is 10.0. The van der Waals surface area contributed by atoms with E-state index in [0.717, 1.165) is 0 Å². The van der Waals surface area contributed by atoms with Crippen LogP contribution in [0.1, 0.15) is 10.4 Å². The number of carbonyl (C=O) groups excluding carboxylic acids is 1. The van der Waals surface area contributed by atoms with Crippen molar-refractivity contribution in [3.8, 4) is 18.1 Å². The van der Waals surface area contributed by atoms with Crippen LogP contribution in [-0.2, 0) is 4.74 Å². The van der Waals surface area contributed by atoms with E-state index in [2.05, 4.69) is 11.2 Å².